The fraction of sp³-hybridized carbons (Fsp3) is 0.545. The molecule has 4 aromatic rings. The zero-order chi connectivity index (χ0) is 60.8. The monoisotopic (exact) mass is 1200 g/mol. The summed E-state index contributed by atoms with van der Waals surface area (Å²) in [6, 6.07) is 17.1. The van der Waals surface area contributed by atoms with Crippen LogP contribution in [0, 0.1) is 51.5 Å². The van der Waals surface area contributed by atoms with Gasteiger partial charge in [-0.25, -0.2) is 21.7 Å². The molecule has 0 unspecified atom stereocenters. The third-order valence-electron chi connectivity index (χ3n) is 13.0. The van der Waals surface area contributed by atoms with Crippen molar-refractivity contribution in [3.8, 4) is 6.07 Å². The highest BCUT2D eigenvalue weighted by atomic mass is 32.2. The summed E-state index contributed by atoms with van der Waals surface area (Å²) in [7, 11) is -15.2. The van der Waals surface area contributed by atoms with Gasteiger partial charge in [-0.1, -0.05) is 76.4 Å². The van der Waals surface area contributed by atoms with Crippen LogP contribution in [0.4, 0.5) is 18.9 Å². The molecule has 0 N–H and O–H groups in total. The summed E-state index contributed by atoms with van der Waals surface area (Å²) in [5, 5.41) is 8.81. The van der Waals surface area contributed by atoms with Crippen LogP contribution >= 0.6 is 0 Å². The summed E-state index contributed by atoms with van der Waals surface area (Å²) in [4.78, 5) is 38.2. The number of hydrogen-bond acceptors (Lipinski definition) is 13. The number of aromatic nitrogens is 2. The first-order chi connectivity index (χ1) is 37.4. The van der Waals surface area contributed by atoms with E-state index in [9.17, 15) is 52.8 Å². The Hall–Kier alpha value is -5.67. The summed E-state index contributed by atoms with van der Waals surface area (Å²) in [6.07, 6.45) is 8.49. The molecular formula is C55H79F3N6O12S3Si. The van der Waals surface area contributed by atoms with Crippen LogP contribution in [-0.2, 0) is 72.6 Å². The van der Waals surface area contributed by atoms with E-state index in [0.717, 1.165) is 54.2 Å². The molecule has 0 atom stereocenters. The van der Waals surface area contributed by atoms with E-state index in [4.69, 9.17) is 21.3 Å². The average Bonchev–Trinajstić information content (AvgIpc) is 4.25. The molecule has 25 heteroatoms. The van der Waals surface area contributed by atoms with Gasteiger partial charge in [0.1, 0.15) is 19.2 Å². The number of aryl methyl sites for hydroxylation is 1. The SMILES string of the molecule is CCC(CC)CC.CCOC(=O)Cn1c(C)cc(C#N)c1C.C[Si](C)(C)OS(=O)(=O)C(F)(F)F.O=Cc1ccccc1S(=O)(=O)N1CCCC1.[C-]#[N+]c1c(Cc2ccccc2S(=O)(=O)N2CCCC2)c(C)n(CC(=O)OCC)c1C. The molecule has 2 saturated heterocycles. The number of rotatable bonds is 18. The first kappa shape index (κ1) is 70.4. The van der Waals surface area contributed by atoms with Crippen LogP contribution < -0.4 is 0 Å². The van der Waals surface area contributed by atoms with Crippen molar-refractivity contribution in [1.29, 1.82) is 5.26 Å². The number of carbonyl (C=O) groups excluding carboxylic acids is 3. The summed E-state index contributed by atoms with van der Waals surface area (Å²) in [5.41, 5.74) is 0.566. The van der Waals surface area contributed by atoms with E-state index >= 15 is 0 Å². The maximum atomic E-state index is 13.2. The van der Waals surface area contributed by atoms with Crippen molar-refractivity contribution in [2.45, 2.75) is 162 Å². The van der Waals surface area contributed by atoms with E-state index in [2.05, 4.69) is 35.6 Å². The lowest BCUT2D eigenvalue weighted by Gasteiger charge is -2.18. The number of ether oxygens (including phenoxy) is 2. The molecule has 18 nitrogen and oxygen atoms in total. The lowest BCUT2D eigenvalue weighted by molar-refractivity contribution is -0.144. The summed E-state index contributed by atoms with van der Waals surface area (Å²) in [5.74, 6) is 0.350. The lowest BCUT2D eigenvalue weighted by atomic mass is 10.0. The van der Waals surface area contributed by atoms with Crippen LogP contribution in [0.3, 0.4) is 0 Å². The Kier molecular flexibility index (Phi) is 28.3. The Labute approximate surface area is 473 Å². The van der Waals surface area contributed by atoms with E-state index in [1.165, 1.54) is 59.6 Å². The number of hydrogen-bond donors (Lipinski definition) is 0. The highest BCUT2D eigenvalue weighted by Gasteiger charge is 2.49. The number of carbonyl (C=O) groups is 3. The molecule has 0 radical (unpaired) electrons. The molecule has 2 aromatic carbocycles. The minimum Gasteiger partial charge on any atom is -0.465 e. The molecule has 4 heterocycles. The standard InChI is InChI=1S/C22H27N3O4S.C11H14N2O2.C11H13NO3S.C7H16.C4H9F3O3SSi/c1-5-29-21(26)15-25-16(2)19(22(23-4)17(25)3)14-18-10-6-7-11-20(18)30(27,28)24-12-8-9-13-24;1-4-15-11(14)7-13-8(2)5-10(6-12)9(13)3;13-9-10-5-1-2-6-11(10)16(14,15)12-7-3-4-8-12;1-4-7(5-2)6-3;1-12(2,3)10-11(8,9)4(5,6)7/h6-7,10-11H,5,8-9,12-15H2,1-3H3;5H,4,7H2,1-3H3;1-2,5-6,9H,3-4,7-8H2;7H,4-6H2,1-3H3;1-3H3. The Morgan fingerprint density at radius 2 is 1.18 bits per heavy atom. The molecule has 0 saturated carbocycles. The van der Waals surface area contributed by atoms with Crippen molar-refractivity contribution in [3.05, 3.63) is 111 Å². The number of aldehydes is 1. The minimum atomic E-state index is -5.39. The third kappa shape index (κ3) is 20.1. The van der Waals surface area contributed by atoms with Crippen molar-refractivity contribution in [1.82, 2.24) is 17.7 Å². The van der Waals surface area contributed by atoms with Gasteiger partial charge in [0, 0.05) is 54.5 Å². The van der Waals surface area contributed by atoms with E-state index in [0.29, 0.717) is 74.6 Å². The quantitative estimate of drug-likeness (QED) is 0.0297. The smallest absolute Gasteiger partial charge is 0.465 e. The predicted octanol–water partition coefficient (Wildman–Crippen LogP) is 10.9. The van der Waals surface area contributed by atoms with Crippen LogP contribution in [0.1, 0.15) is 129 Å². The van der Waals surface area contributed by atoms with Crippen LogP contribution in [0.15, 0.2) is 64.4 Å². The topological polar surface area (TPSA) is 226 Å². The highest BCUT2D eigenvalue weighted by molar-refractivity contribution is 7.89. The van der Waals surface area contributed by atoms with Gasteiger partial charge >= 0.3 is 27.6 Å². The normalized spacial score (nSPS) is 13.9. The van der Waals surface area contributed by atoms with Crippen LogP contribution in [0.25, 0.3) is 4.85 Å². The molecule has 0 bridgehead atoms. The maximum absolute atomic E-state index is 13.2. The van der Waals surface area contributed by atoms with Gasteiger partial charge < -0.3 is 22.5 Å². The second kappa shape index (κ2) is 32.1. The van der Waals surface area contributed by atoms with Gasteiger partial charge in [0.25, 0.3) is 0 Å². The number of alkyl halides is 3. The molecule has 0 amide bonds. The molecule has 6 rings (SSSR count). The minimum absolute atomic E-state index is 0.0295. The van der Waals surface area contributed by atoms with E-state index in [-0.39, 0.29) is 40.4 Å². The van der Waals surface area contributed by atoms with Gasteiger partial charge in [0.2, 0.25) is 34.1 Å². The number of esters is 2. The molecule has 444 valence electrons. The second-order valence-electron chi connectivity index (χ2n) is 19.6. The van der Waals surface area contributed by atoms with Gasteiger partial charge in [-0.2, -0.15) is 35.5 Å². The van der Waals surface area contributed by atoms with E-state index < -0.39 is 44.0 Å². The molecule has 0 spiro atoms. The van der Waals surface area contributed by atoms with Crippen LogP contribution in [0.2, 0.25) is 19.6 Å². The fourth-order valence-electron chi connectivity index (χ4n) is 8.64. The molecular weight excluding hydrogens is 1120 g/mol. The van der Waals surface area contributed by atoms with Gasteiger partial charge in [0.05, 0.1) is 35.1 Å². The number of benzene rings is 2. The third-order valence-corrected chi connectivity index (χ3v) is 20.4. The first-order valence-corrected chi connectivity index (χ1v) is 34.1. The number of sulfonamides is 2. The highest BCUT2D eigenvalue weighted by Crippen LogP contribution is 2.35. The summed E-state index contributed by atoms with van der Waals surface area (Å²) >= 11 is 0. The zero-order valence-electron chi connectivity index (χ0n) is 48.1. The predicted molar refractivity (Wildman–Crippen MR) is 303 cm³/mol. The Morgan fingerprint density at radius 1 is 0.725 bits per heavy atom. The average molecular weight is 1200 g/mol. The van der Waals surface area contributed by atoms with Crippen LogP contribution in [0.5, 0.6) is 0 Å². The van der Waals surface area contributed by atoms with Crippen LogP contribution in [-0.4, -0.2) is 114 Å². The Morgan fingerprint density at radius 3 is 1.56 bits per heavy atom. The lowest BCUT2D eigenvalue weighted by Crippen LogP contribution is -2.36. The Balaban J connectivity index is 0.000000373. The van der Waals surface area contributed by atoms with Crippen molar-refractivity contribution in [2.75, 3.05) is 39.4 Å². The van der Waals surface area contributed by atoms with Crippen molar-refractivity contribution >= 4 is 62.4 Å². The summed E-state index contributed by atoms with van der Waals surface area (Å²) < 4.78 is 127. The fourth-order valence-corrected chi connectivity index (χ4v) is 15.1. The molecule has 2 aliphatic heterocycles. The zero-order valence-corrected chi connectivity index (χ0v) is 51.6. The molecule has 0 aliphatic carbocycles. The van der Waals surface area contributed by atoms with E-state index in [1.54, 1.807) is 66.3 Å². The van der Waals surface area contributed by atoms with Gasteiger partial charge in [0.15, 0.2) is 6.29 Å². The number of nitrogens with zero attached hydrogens (tertiary/aromatic N) is 6. The molecule has 2 aromatic heterocycles. The van der Waals surface area contributed by atoms with Gasteiger partial charge in [-0.3, -0.25) is 14.4 Å². The second-order valence-corrected chi connectivity index (χ2v) is 29.7. The number of nitriles is 1. The molecule has 80 heavy (non-hydrogen) atoms. The van der Waals surface area contributed by atoms with Crippen molar-refractivity contribution < 1.29 is 66.2 Å². The maximum Gasteiger partial charge on any atom is 0.522 e. The van der Waals surface area contributed by atoms with Gasteiger partial charge in [-0.05, 0) is 129 Å². The first-order valence-electron chi connectivity index (χ1n) is 26.5. The Bertz CT molecular complexity index is 3120. The molecule has 2 aliphatic rings. The number of halogens is 3. The van der Waals surface area contributed by atoms with E-state index in [1.807, 2.05) is 26.8 Å². The van der Waals surface area contributed by atoms with Crippen molar-refractivity contribution in [2.24, 2.45) is 5.92 Å². The van der Waals surface area contributed by atoms with Gasteiger partial charge in [-0.15, -0.1) is 0 Å². The molecule has 2 fully saturated rings. The summed E-state index contributed by atoms with van der Waals surface area (Å²) in [6.45, 7) is 32.4. The largest absolute Gasteiger partial charge is 0.522 e. The van der Waals surface area contributed by atoms with Crippen molar-refractivity contribution in [3.63, 3.8) is 0 Å².